The molecule has 0 N–H and O–H groups in total. The van der Waals surface area contributed by atoms with Crippen LogP contribution in [0.2, 0.25) is 0 Å². The van der Waals surface area contributed by atoms with E-state index in [4.69, 9.17) is 4.74 Å². The van der Waals surface area contributed by atoms with E-state index in [1.54, 1.807) is 12.1 Å². The molecule has 0 saturated carbocycles. The monoisotopic (exact) mass is 288 g/mol. The fraction of sp³-hybridized carbons (Fsp3) is 0.118. The lowest BCUT2D eigenvalue weighted by molar-refractivity contribution is -0.142. The summed E-state index contributed by atoms with van der Waals surface area (Å²) in [6, 6.07) is 11.3. The van der Waals surface area contributed by atoms with Gasteiger partial charge in [0.25, 0.3) is 0 Å². The van der Waals surface area contributed by atoms with Crippen molar-refractivity contribution >= 4 is 5.97 Å². The number of ether oxygens (including phenoxy) is 1. The molecule has 0 aliphatic rings. The molecular formula is C17H14F2O2. The Balaban J connectivity index is 2.44. The minimum atomic E-state index is -0.888. The van der Waals surface area contributed by atoms with Gasteiger partial charge in [-0.05, 0) is 42.3 Å². The number of hydrogen-bond acceptors (Lipinski definition) is 2. The van der Waals surface area contributed by atoms with E-state index in [2.05, 4.69) is 6.58 Å². The molecule has 0 atom stereocenters. The van der Waals surface area contributed by atoms with Crippen molar-refractivity contribution in [3.63, 3.8) is 0 Å². The molecule has 0 radical (unpaired) electrons. The number of halogens is 2. The molecule has 2 rings (SSSR count). The second kappa shape index (κ2) is 6.31. The fourth-order valence-corrected chi connectivity index (χ4v) is 1.88. The third-order valence-corrected chi connectivity index (χ3v) is 2.88. The highest BCUT2D eigenvalue weighted by Gasteiger charge is 2.20. The van der Waals surface area contributed by atoms with Crippen molar-refractivity contribution in [1.82, 2.24) is 0 Å². The predicted octanol–water partition coefficient (Wildman–Crippen LogP) is 4.17. The van der Waals surface area contributed by atoms with Crippen LogP contribution in [0.1, 0.15) is 24.2 Å². The van der Waals surface area contributed by atoms with Gasteiger partial charge >= 0.3 is 5.97 Å². The van der Waals surface area contributed by atoms with Crippen molar-refractivity contribution in [2.75, 3.05) is 0 Å². The lowest BCUT2D eigenvalue weighted by Crippen LogP contribution is -2.13. The molecule has 21 heavy (non-hydrogen) atoms. The summed E-state index contributed by atoms with van der Waals surface area (Å²) in [5.41, 5.74) is 1.07. The standard InChI is InChI=1S/C17H14F2O2/c1-11(2)17(20)21-16(12-5-3-7-14(18)9-12)13-6-4-8-15(19)10-13/h3-10,16H,1H2,2H3. The summed E-state index contributed by atoms with van der Waals surface area (Å²) in [7, 11) is 0. The normalized spacial score (nSPS) is 10.5. The number of benzene rings is 2. The maximum absolute atomic E-state index is 13.4. The lowest BCUT2D eigenvalue weighted by atomic mass is 10.0. The van der Waals surface area contributed by atoms with Gasteiger partial charge in [0.1, 0.15) is 11.6 Å². The Morgan fingerprint density at radius 1 is 1.05 bits per heavy atom. The summed E-state index contributed by atoms with van der Waals surface area (Å²) in [6.45, 7) is 5.02. The first-order chi connectivity index (χ1) is 9.97. The number of hydrogen-bond donors (Lipinski definition) is 0. The van der Waals surface area contributed by atoms with Gasteiger partial charge in [-0.1, -0.05) is 30.8 Å². The number of carbonyl (C=O) groups is 1. The zero-order chi connectivity index (χ0) is 15.4. The Morgan fingerprint density at radius 3 is 1.90 bits per heavy atom. The zero-order valence-electron chi connectivity index (χ0n) is 11.5. The van der Waals surface area contributed by atoms with Crippen LogP contribution in [0.5, 0.6) is 0 Å². The topological polar surface area (TPSA) is 26.3 Å². The smallest absolute Gasteiger partial charge is 0.334 e. The highest BCUT2D eigenvalue weighted by Crippen LogP contribution is 2.27. The van der Waals surface area contributed by atoms with Gasteiger partial charge in [0.05, 0.1) is 0 Å². The molecule has 0 aromatic heterocycles. The van der Waals surface area contributed by atoms with Gasteiger partial charge in [-0.25, -0.2) is 13.6 Å². The Labute approximate surface area is 121 Å². The van der Waals surface area contributed by atoms with E-state index >= 15 is 0 Å². The van der Waals surface area contributed by atoms with Crippen LogP contribution in [0.15, 0.2) is 60.7 Å². The maximum atomic E-state index is 13.4. The molecule has 0 unspecified atom stereocenters. The minimum absolute atomic E-state index is 0.216. The van der Waals surface area contributed by atoms with Crippen molar-refractivity contribution < 1.29 is 18.3 Å². The minimum Gasteiger partial charge on any atom is -0.449 e. The molecule has 0 aliphatic heterocycles. The summed E-state index contributed by atoms with van der Waals surface area (Å²) < 4.78 is 32.1. The predicted molar refractivity (Wildman–Crippen MR) is 75.5 cm³/mol. The van der Waals surface area contributed by atoms with Crippen LogP contribution in [0.4, 0.5) is 8.78 Å². The molecule has 0 spiro atoms. The van der Waals surface area contributed by atoms with Crippen molar-refractivity contribution in [2.45, 2.75) is 13.0 Å². The maximum Gasteiger partial charge on any atom is 0.334 e. The van der Waals surface area contributed by atoms with E-state index in [9.17, 15) is 13.6 Å². The van der Waals surface area contributed by atoms with Gasteiger partial charge in [0.2, 0.25) is 0 Å². The molecule has 0 heterocycles. The van der Waals surface area contributed by atoms with Gasteiger partial charge in [0.15, 0.2) is 6.10 Å². The van der Waals surface area contributed by atoms with Gasteiger partial charge in [-0.15, -0.1) is 0 Å². The molecule has 108 valence electrons. The third-order valence-electron chi connectivity index (χ3n) is 2.88. The number of carbonyl (C=O) groups excluding carboxylic acids is 1. The van der Waals surface area contributed by atoms with Crippen LogP contribution >= 0.6 is 0 Å². The first kappa shape index (κ1) is 14.9. The summed E-state index contributed by atoms with van der Waals surface area (Å²) in [6.07, 6.45) is -0.888. The fourth-order valence-electron chi connectivity index (χ4n) is 1.88. The lowest BCUT2D eigenvalue weighted by Gasteiger charge is -2.19. The van der Waals surface area contributed by atoms with Gasteiger partial charge in [-0.2, -0.15) is 0 Å². The molecular weight excluding hydrogens is 274 g/mol. The number of rotatable bonds is 4. The molecule has 0 fully saturated rings. The molecule has 0 aliphatic carbocycles. The SMILES string of the molecule is C=C(C)C(=O)OC(c1cccc(F)c1)c1cccc(F)c1. The van der Waals surface area contributed by atoms with Crippen molar-refractivity contribution in [2.24, 2.45) is 0 Å². The Hall–Kier alpha value is -2.49. The van der Waals surface area contributed by atoms with Crippen molar-refractivity contribution in [3.8, 4) is 0 Å². The zero-order valence-corrected chi connectivity index (χ0v) is 11.5. The van der Waals surface area contributed by atoms with Gasteiger partial charge < -0.3 is 4.74 Å². The Bertz CT molecular complexity index is 634. The van der Waals surface area contributed by atoms with Crippen LogP contribution in [-0.4, -0.2) is 5.97 Å². The Morgan fingerprint density at radius 2 is 1.52 bits per heavy atom. The summed E-state index contributed by atoms with van der Waals surface area (Å²) in [5.74, 6) is -1.53. The van der Waals surface area contributed by atoms with E-state index in [1.807, 2.05) is 0 Å². The molecule has 2 nitrogen and oxygen atoms in total. The third kappa shape index (κ3) is 3.75. The largest absolute Gasteiger partial charge is 0.449 e. The second-order valence-electron chi connectivity index (χ2n) is 4.68. The molecule has 0 bridgehead atoms. The van der Waals surface area contributed by atoms with E-state index in [0.29, 0.717) is 11.1 Å². The average Bonchev–Trinajstić information content (AvgIpc) is 2.44. The summed E-state index contributed by atoms with van der Waals surface area (Å²) in [5, 5.41) is 0. The average molecular weight is 288 g/mol. The van der Waals surface area contributed by atoms with Crippen molar-refractivity contribution in [3.05, 3.63) is 83.4 Å². The highest BCUT2D eigenvalue weighted by atomic mass is 19.1. The molecule has 4 heteroatoms. The van der Waals surface area contributed by atoms with E-state index in [0.717, 1.165) is 0 Å². The first-order valence-corrected chi connectivity index (χ1v) is 6.35. The van der Waals surface area contributed by atoms with Crippen LogP contribution < -0.4 is 0 Å². The number of esters is 1. The van der Waals surface area contributed by atoms with E-state index in [1.165, 1.54) is 43.3 Å². The van der Waals surface area contributed by atoms with Gasteiger partial charge in [0, 0.05) is 5.57 Å². The van der Waals surface area contributed by atoms with E-state index in [-0.39, 0.29) is 5.57 Å². The van der Waals surface area contributed by atoms with Crippen LogP contribution in [-0.2, 0) is 9.53 Å². The molecule has 2 aromatic rings. The van der Waals surface area contributed by atoms with E-state index < -0.39 is 23.7 Å². The summed E-state index contributed by atoms with van der Waals surface area (Å²) >= 11 is 0. The summed E-state index contributed by atoms with van der Waals surface area (Å²) in [4.78, 5) is 11.8. The van der Waals surface area contributed by atoms with Crippen LogP contribution in [0, 0.1) is 11.6 Å². The molecule has 0 saturated heterocycles. The Kier molecular flexibility index (Phi) is 4.48. The van der Waals surface area contributed by atoms with Crippen LogP contribution in [0.25, 0.3) is 0 Å². The first-order valence-electron chi connectivity index (χ1n) is 6.35. The molecule has 2 aromatic carbocycles. The highest BCUT2D eigenvalue weighted by molar-refractivity contribution is 5.87. The molecule has 0 amide bonds. The van der Waals surface area contributed by atoms with Crippen molar-refractivity contribution in [1.29, 1.82) is 0 Å². The second-order valence-corrected chi connectivity index (χ2v) is 4.68. The quantitative estimate of drug-likeness (QED) is 0.623. The van der Waals surface area contributed by atoms with Crippen LogP contribution in [0.3, 0.4) is 0 Å². The van der Waals surface area contributed by atoms with Gasteiger partial charge in [-0.3, -0.25) is 0 Å².